The Morgan fingerprint density at radius 1 is 1.29 bits per heavy atom. The van der Waals surface area contributed by atoms with E-state index in [2.05, 4.69) is 20.2 Å². The van der Waals surface area contributed by atoms with Crippen molar-refractivity contribution in [3.05, 3.63) is 53.2 Å². The highest BCUT2D eigenvalue weighted by Gasteiger charge is 2.42. The fourth-order valence-electron chi connectivity index (χ4n) is 4.36. The second-order valence-electron chi connectivity index (χ2n) is 7.58. The summed E-state index contributed by atoms with van der Waals surface area (Å²) in [6.07, 6.45) is 3.79. The second-order valence-corrected chi connectivity index (χ2v) is 7.99. The number of nitrogens with one attached hydrogen (secondary N) is 1. The fraction of sp³-hybridized carbons (Fsp3) is 0.450. The number of aromatic nitrogens is 2. The fourth-order valence-corrected chi connectivity index (χ4v) is 4.59. The number of aliphatic hydroxyl groups excluding tert-OH is 1. The highest BCUT2D eigenvalue weighted by Crippen LogP contribution is 2.38. The SMILES string of the molecule is O=C(Cc1c(F)cccc1Cl)N[C@H]1C[C@H]2CN(c3ccncn3)C[C@H]2C[C@@H]1O. The Bertz CT molecular complexity index is 833. The minimum atomic E-state index is -0.619. The molecule has 2 aliphatic rings. The predicted octanol–water partition coefficient (Wildman–Crippen LogP) is 2.20. The van der Waals surface area contributed by atoms with Crippen LogP contribution in [0.2, 0.25) is 5.02 Å². The molecule has 6 nitrogen and oxygen atoms in total. The highest BCUT2D eigenvalue weighted by molar-refractivity contribution is 6.31. The first kappa shape index (κ1) is 19.1. The van der Waals surface area contributed by atoms with Gasteiger partial charge in [-0.25, -0.2) is 14.4 Å². The molecular weight excluding hydrogens is 383 g/mol. The number of halogens is 2. The number of hydrogen-bond donors (Lipinski definition) is 2. The molecule has 2 fully saturated rings. The van der Waals surface area contributed by atoms with Gasteiger partial charge in [0.1, 0.15) is 18.0 Å². The van der Waals surface area contributed by atoms with Crippen molar-refractivity contribution < 1.29 is 14.3 Å². The summed E-state index contributed by atoms with van der Waals surface area (Å²) in [6.45, 7) is 1.67. The summed E-state index contributed by atoms with van der Waals surface area (Å²) in [5, 5.41) is 13.7. The molecule has 1 aliphatic heterocycles. The third-order valence-corrected chi connectivity index (χ3v) is 6.13. The van der Waals surface area contributed by atoms with Gasteiger partial charge in [-0.2, -0.15) is 0 Å². The molecule has 1 amide bonds. The first-order valence-corrected chi connectivity index (χ1v) is 9.80. The van der Waals surface area contributed by atoms with E-state index in [4.69, 9.17) is 11.6 Å². The minimum absolute atomic E-state index is 0.143. The molecule has 2 N–H and O–H groups in total. The van der Waals surface area contributed by atoms with Crippen LogP contribution in [0.4, 0.5) is 10.2 Å². The van der Waals surface area contributed by atoms with Gasteiger partial charge < -0.3 is 15.3 Å². The van der Waals surface area contributed by atoms with Gasteiger partial charge in [0.15, 0.2) is 0 Å². The van der Waals surface area contributed by atoms with E-state index in [1.54, 1.807) is 12.3 Å². The third-order valence-electron chi connectivity index (χ3n) is 5.78. The molecule has 2 heterocycles. The molecule has 0 unspecified atom stereocenters. The van der Waals surface area contributed by atoms with Crippen LogP contribution in [0.15, 0.2) is 36.8 Å². The van der Waals surface area contributed by atoms with Gasteiger partial charge in [0.05, 0.1) is 18.6 Å². The van der Waals surface area contributed by atoms with Gasteiger partial charge in [0.25, 0.3) is 0 Å². The lowest BCUT2D eigenvalue weighted by Crippen LogP contribution is -2.49. The first-order chi connectivity index (χ1) is 13.5. The molecule has 0 spiro atoms. The van der Waals surface area contributed by atoms with Gasteiger partial charge in [-0.1, -0.05) is 17.7 Å². The summed E-state index contributed by atoms with van der Waals surface area (Å²) in [6, 6.07) is 5.89. The van der Waals surface area contributed by atoms with Crippen molar-refractivity contribution >= 4 is 23.3 Å². The molecule has 1 saturated carbocycles. The lowest BCUT2D eigenvalue weighted by Gasteiger charge is -2.35. The van der Waals surface area contributed by atoms with Crippen molar-refractivity contribution in [2.75, 3.05) is 18.0 Å². The van der Waals surface area contributed by atoms with Crippen molar-refractivity contribution in [2.24, 2.45) is 11.8 Å². The molecule has 1 aromatic heterocycles. The molecule has 28 heavy (non-hydrogen) atoms. The van der Waals surface area contributed by atoms with Gasteiger partial charge in [0, 0.05) is 29.9 Å². The monoisotopic (exact) mass is 404 g/mol. The minimum Gasteiger partial charge on any atom is -0.391 e. The Balaban J connectivity index is 1.38. The van der Waals surface area contributed by atoms with Gasteiger partial charge in [-0.05, 0) is 42.9 Å². The number of amides is 1. The average Bonchev–Trinajstić information content (AvgIpc) is 3.08. The van der Waals surface area contributed by atoms with E-state index < -0.39 is 11.9 Å². The Morgan fingerprint density at radius 2 is 2.07 bits per heavy atom. The molecule has 1 aromatic carbocycles. The van der Waals surface area contributed by atoms with Gasteiger partial charge >= 0.3 is 0 Å². The summed E-state index contributed by atoms with van der Waals surface area (Å²) < 4.78 is 13.9. The smallest absolute Gasteiger partial charge is 0.224 e. The van der Waals surface area contributed by atoms with Crippen LogP contribution in [-0.4, -0.2) is 46.2 Å². The average molecular weight is 405 g/mol. The number of nitrogens with zero attached hydrogens (tertiary/aromatic N) is 3. The molecule has 1 saturated heterocycles. The first-order valence-electron chi connectivity index (χ1n) is 9.42. The summed E-state index contributed by atoms with van der Waals surface area (Å²) in [4.78, 5) is 22.9. The maximum atomic E-state index is 13.9. The zero-order valence-corrected chi connectivity index (χ0v) is 16.0. The number of benzene rings is 1. The van der Waals surface area contributed by atoms with E-state index >= 15 is 0 Å². The zero-order chi connectivity index (χ0) is 19.7. The third kappa shape index (κ3) is 3.95. The largest absolute Gasteiger partial charge is 0.391 e. The van der Waals surface area contributed by atoms with Crippen molar-refractivity contribution in [2.45, 2.75) is 31.4 Å². The molecule has 2 aromatic rings. The zero-order valence-electron chi connectivity index (χ0n) is 15.3. The molecule has 1 aliphatic carbocycles. The van der Waals surface area contributed by atoms with Gasteiger partial charge in [-0.15, -0.1) is 0 Å². The molecule has 0 bridgehead atoms. The molecular formula is C20H22ClFN4O2. The number of anilines is 1. The van der Waals surface area contributed by atoms with E-state index in [0.717, 1.165) is 18.9 Å². The Morgan fingerprint density at radius 3 is 2.79 bits per heavy atom. The van der Waals surface area contributed by atoms with Crippen molar-refractivity contribution in [1.82, 2.24) is 15.3 Å². The van der Waals surface area contributed by atoms with Crippen LogP contribution in [0, 0.1) is 17.7 Å². The van der Waals surface area contributed by atoms with Crippen molar-refractivity contribution in [1.29, 1.82) is 0 Å². The normalized spacial score (nSPS) is 26.8. The highest BCUT2D eigenvalue weighted by atomic mass is 35.5. The quantitative estimate of drug-likeness (QED) is 0.816. The van der Waals surface area contributed by atoms with Crippen molar-refractivity contribution in [3.8, 4) is 0 Å². The van der Waals surface area contributed by atoms with Crippen molar-refractivity contribution in [3.63, 3.8) is 0 Å². The summed E-state index contributed by atoms with van der Waals surface area (Å²) in [5.41, 5.74) is 0.181. The van der Waals surface area contributed by atoms with Crippen LogP contribution in [0.25, 0.3) is 0 Å². The number of aliphatic hydroxyl groups is 1. The Labute approximate surface area is 167 Å². The van der Waals surface area contributed by atoms with Crippen LogP contribution in [0.5, 0.6) is 0 Å². The number of hydrogen-bond acceptors (Lipinski definition) is 5. The van der Waals surface area contributed by atoms with Gasteiger partial charge in [0.2, 0.25) is 5.91 Å². The topological polar surface area (TPSA) is 78.4 Å². The number of rotatable bonds is 4. The van der Waals surface area contributed by atoms with Crippen LogP contribution in [-0.2, 0) is 11.2 Å². The second kappa shape index (κ2) is 8.01. The maximum Gasteiger partial charge on any atom is 0.224 e. The van der Waals surface area contributed by atoms with Crippen LogP contribution >= 0.6 is 11.6 Å². The molecule has 0 radical (unpaired) electrons. The standard InChI is InChI=1S/C20H22ClFN4O2/c21-15-2-1-3-16(22)14(15)8-20(28)25-17-6-12-9-26(10-13(12)7-18(17)27)19-4-5-23-11-24-19/h1-5,11-13,17-18,27H,6-10H2,(H,25,28)/t12-,13+,17-,18-/m0/s1. The lowest BCUT2D eigenvalue weighted by atomic mass is 9.77. The molecule has 4 rings (SSSR count). The Kier molecular flexibility index (Phi) is 5.46. The van der Waals surface area contributed by atoms with Crippen LogP contribution < -0.4 is 10.2 Å². The van der Waals surface area contributed by atoms with Crippen LogP contribution in [0.1, 0.15) is 18.4 Å². The van der Waals surface area contributed by atoms with Gasteiger partial charge in [-0.3, -0.25) is 4.79 Å². The summed E-state index contributed by atoms with van der Waals surface area (Å²) in [5.74, 6) is 0.775. The molecule has 8 heteroatoms. The number of carbonyl (C=O) groups is 1. The molecule has 4 atom stereocenters. The van der Waals surface area contributed by atoms with E-state index in [9.17, 15) is 14.3 Å². The van der Waals surface area contributed by atoms with E-state index in [-0.39, 0.29) is 29.0 Å². The number of fused-ring (bicyclic) bond motifs is 1. The Hall–Kier alpha value is -2.25. The maximum absolute atomic E-state index is 13.9. The van der Waals surface area contributed by atoms with E-state index in [1.807, 2.05) is 6.07 Å². The summed E-state index contributed by atoms with van der Waals surface area (Å²) in [7, 11) is 0. The summed E-state index contributed by atoms with van der Waals surface area (Å²) >= 11 is 6.01. The van der Waals surface area contributed by atoms with E-state index in [0.29, 0.717) is 24.7 Å². The number of carbonyl (C=O) groups excluding carboxylic acids is 1. The van der Waals surface area contributed by atoms with Crippen LogP contribution in [0.3, 0.4) is 0 Å². The van der Waals surface area contributed by atoms with E-state index in [1.165, 1.54) is 18.5 Å². The molecule has 148 valence electrons. The predicted molar refractivity (Wildman–Crippen MR) is 104 cm³/mol. The lowest BCUT2D eigenvalue weighted by molar-refractivity contribution is -0.122.